The van der Waals surface area contributed by atoms with Crippen LogP contribution < -0.4 is 10.2 Å². The molecule has 0 aliphatic carbocycles. The van der Waals surface area contributed by atoms with Crippen molar-refractivity contribution in [2.75, 3.05) is 20.3 Å². The van der Waals surface area contributed by atoms with Gasteiger partial charge in [0.1, 0.15) is 5.58 Å². The number of ether oxygens (including phenoxy) is 2. The fraction of sp³-hybridized carbons (Fsp3) is 0.333. The third-order valence-corrected chi connectivity index (χ3v) is 6.06. The lowest BCUT2D eigenvalue weighted by Crippen LogP contribution is -2.31. The average molecular weight is 502 g/mol. The van der Waals surface area contributed by atoms with Crippen LogP contribution >= 0.6 is 15.9 Å². The fourth-order valence-electron chi connectivity index (χ4n) is 4.01. The van der Waals surface area contributed by atoms with E-state index in [1.807, 2.05) is 13.8 Å². The molecule has 168 valence electrons. The Morgan fingerprint density at radius 1 is 1.22 bits per heavy atom. The summed E-state index contributed by atoms with van der Waals surface area (Å²) >= 11 is 3.34. The van der Waals surface area contributed by atoms with Gasteiger partial charge in [0, 0.05) is 13.2 Å². The molecule has 0 saturated heterocycles. The first kappa shape index (κ1) is 22.4. The van der Waals surface area contributed by atoms with Gasteiger partial charge in [-0.15, -0.1) is 0 Å². The van der Waals surface area contributed by atoms with Crippen LogP contribution in [0, 0.1) is 0 Å². The zero-order chi connectivity index (χ0) is 23.0. The van der Waals surface area contributed by atoms with Gasteiger partial charge in [-0.2, -0.15) is 0 Å². The number of benzene rings is 2. The normalized spacial score (nSPS) is 15.6. The van der Waals surface area contributed by atoms with Crippen LogP contribution in [-0.4, -0.2) is 42.3 Å². The molecule has 0 radical (unpaired) electrons. The van der Waals surface area contributed by atoms with Gasteiger partial charge in [0.25, 0.3) is 5.91 Å². The molecule has 3 aromatic rings. The number of hydrogen-bond donors (Lipinski definition) is 1. The lowest BCUT2D eigenvalue weighted by atomic mass is 9.98. The number of phenols is 1. The first-order chi connectivity index (χ1) is 15.3. The Hall–Kier alpha value is -2.84. The Balaban J connectivity index is 1.86. The van der Waals surface area contributed by atoms with E-state index in [2.05, 4.69) is 15.9 Å². The summed E-state index contributed by atoms with van der Waals surface area (Å²) in [5.41, 5.74) is 1.05. The van der Waals surface area contributed by atoms with Crippen LogP contribution in [-0.2, 0) is 4.74 Å². The Bertz CT molecular complexity index is 1240. The molecule has 0 fully saturated rings. The van der Waals surface area contributed by atoms with Crippen LogP contribution in [0.15, 0.2) is 50.1 Å². The number of amides is 1. The molecule has 7 nitrogen and oxygen atoms in total. The van der Waals surface area contributed by atoms with Gasteiger partial charge >= 0.3 is 0 Å². The second kappa shape index (κ2) is 8.96. The summed E-state index contributed by atoms with van der Waals surface area (Å²) in [6.45, 7) is 4.76. The van der Waals surface area contributed by atoms with Gasteiger partial charge in [0.05, 0.1) is 34.7 Å². The molecule has 1 aliphatic rings. The summed E-state index contributed by atoms with van der Waals surface area (Å²) < 4.78 is 17.2. The minimum absolute atomic E-state index is 0.0478. The van der Waals surface area contributed by atoms with Crippen LogP contribution in [0.4, 0.5) is 0 Å². The molecule has 32 heavy (non-hydrogen) atoms. The highest BCUT2D eigenvalue weighted by Gasteiger charge is 2.42. The number of rotatable bonds is 7. The highest BCUT2D eigenvalue weighted by atomic mass is 79.9. The van der Waals surface area contributed by atoms with Gasteiger partial charge in [-0.25, -0.2) is 0 Å². The van der Waals surface area contributed by atoms with Crippen molar-refractivity contribution in [1.29, 1.82) is 0 Å². The molecular weight excluding hydrogens is 478 g/mol. The number of nitrogens with zero attached hydrogens (tertiary/aromatic N) is 1. The lowest BCUT2D eigenvalue weighted by molar-refractivity contribution is 0.0593. The summed E-state index contributed by atoms with van der Waals surface area (Å²) in [6, 6.07) is 9.55. The van der Waals surface area contributed by atoms with E-state index in [1.54, 1.807) is 41.3 Å². The van der Waals surface area contributed by atoms with Crippen molar-refractivity contribution in [2.45, 2.75) is 32.4 Å². The third kappa shape index (κ3) is 3.89. The van der Waals surface area contributed by atoms with Crippen LogP contribution in [0.25, 0.3) is 11.0 Å². The average Bonchev–Trinajstić information content (AvgIpc) is 3.05. The van der Waals surface area contributed by atoms with Gasteiger partial charge < -0.3 is 23.9 Å². The molecule has 1 aliphatic heterocycles. The fourth-order valence-corrected chi connectivity index (χ4v) is 4.47. The largest absolute Gasteiger partial charge is 0.503 e. The second-order valence-electron chi connectivity index (χ2n) is 7.90. The number of fused-ring (bicyclic) bond motifs is 2. The molecular formula is C24H24BrNO6. The first-order valence-electron chi connectivity index (χ1n) is 10.4. The molecule has 0 saturated carbocycles. The predicted octanol–water partition coefficient (Wildman–Crippen LogP) is 4.63. The van der Waals surface area contributed by atoms with Crippen molar-refractivity contribution in [3.63, 3.8) is 0 Å². The Morgan fingerprint density at radius 2 is 1.97 bits per heavy atom. The maximum absolute atomic E-state index is 13.5. The summed E-state index contributed by atoms with van der Waals surface area (Å²) in [7, 11) is 1.45. The zero-order valence-corrected chi connectivity index (χ0v) is 19.6. The van der Waals surface area contributed by atoms with Crippen molar-refractivity contribution >= 4 is 32.8 Å². The van der Waals surface area contributed by atoms with Gasteiger partial charge in [-0.1, -0.05) is 12.1 Å². The number of phenolic OH excluding ortho intramolecular Hbond substituents is 1. The van der Waals surface area contributed by atoms with Crippen molar-refractivity contribution in [2.24, 2.45) is 0 Å². The molecule has 0 spiro atoms. The highest BCUT2D eigenvalue weighted by Crippen LogP contribution is 2.43. The quantitative estimate of drug-likeness (QED) is 0.474. The summed E-state index contributed by atoms with van der Waals surface area (Å²) in [5.74, 6) is -0.112. The van der Waals surface area contributed by atoms with Crippen molar-refractivity contribution in [1.82, 2.24) is 4.90 Å². The highest BCUT2D eigenvalue weighted by molar-refractivity contribution is 9.10. The number of aromatic hydroxyl groups is 1. The third-order valence-electron chi connectivity index (χ3n) is 5.45. The van der Waals surface area contributed by atoms with Gasteiger partial charge in [0.15, 0.2) is 16.9 Å². The van der Waals surface area contributed by atoms with E-state index < -0.39 is 6.04 Å². The van der Waals surface area contributed by atoms with Crippen LogP contribution in [0.3, 0.4) is 0 Å². The minimum atomic E-state index is -0.678. The van der Waals surface area contributed by atoms with Gasteiger partial charge in [-0.05, 0) is 66.0 Å². The maximum Gasteiger partial charge on any atom is 0.290 e. The zero-order valence-electron chi connectivity index (χ0n) is 18.1. The Kier molecular flexibility index (Phi) is 6.26. The molecule has 2 heterocycles. The molecule has 1 unspecified atom stereocenters. The van der Waals surface area contributed by atoms with Crippen LogP contribution in [0.5, 0.6) is 11.5 Å². The van der Waals surface area contributed by atoms with E-state index in [-0.39, 0.29) is 40.3 Å². The predicted molar refractivity (Wildman–Crippen MR) is 123 cm³/mol. The van der Waals surface area contributed by atoms with Crippen LogP contribution in [0.2, 0.25) is 0 Å². The maximum atomic E-state index is 13.5. The molecule has 1 aromatic heterocycles. The van der Waals surface area contributed by atoms with E-state index in [0.717, 1.165) is 0 Å². The van der Waals surface area contributed by atoms with Gasteiger partial charge in [-0.3, -0.25) is 9.59 Å². The van der Waals surface area contributed by atoms with Gasteiger partial charge in [0.2, 0.25) is 5.76 Å². The molecule has 2 aromatic carbocycles. The number of hydrogen-bond acceptors (Lipinski definition) is 6. The minimum Gasteiger partial charge on any atom is -0.503 e. The molecule has 1 N–H and O–H groups in total. The molecule has 1 amide bonds. The van der Waals surface area contributed by atoms with E-state index in [9.17, 15) is 14.7 Å². The number of carbonyl (C=O) groups is 1. The van der Waals surface area contributed by atoms with Crippen molar-refractivity contribution in [3.05, 3.63) is 68.0 Å². The number of para-hydroxylation sites is 1. The number of methoxy groups -OCH3 is 1. The first-order valence-corrected chi connectivity index (χ1v) is 11.2. The number of halogens is 1. The van der Waals surface area contributed by atoms with E-state index in [0.29, 0.717) is 40.6 Å². The van der Waals surface area contributed by atoms with Crippen LogP contribution in [0.1, 0.15) is 48.0 Å². The van der Waals surface area contributed by atoms with E-state index in [4.69, 9.17) is 13.9 Å². The molecule has 1 atom stereocenters. The summed E-state index contributed by atoms with van der Waals surface area (Å²) in [6.07, 6.45) is 0.682. The lowest BCUT2D eigenvalue weighted by Gasteiger charge is -2.26. The molecule has 4 rings (SSSR count). The summed E-state index contributed by atoms with van der Waals surface area (Å²) in [5, 5.41) is 10.7. The molecule has 8 heteroatoms. The summed E-state index contributed by atoms with van der Waals surface area (Å²) in [4.78, 5) is 28.5. The molecule has 0 bridgehead atoms. The Labute approximate surface area is 193 Å². The van der Waals surface area contributed by atoms with E-state index in [1.165, 1.54) is 7.11 Å². The SMILES string of the molecule is COc1cc(C2c3c(oc4ccccc4c3=O)C(=O)N2CCCOC(C)C)cc(Br)c1O. The second-order valence-corrected chi connectivity index (χ2v) is 8.75. The number of carbonyl (C=O) groups excluding carboxylic acids is 1. The van der Waals surface area contributed by atoms with Crippen molar-refractivity contribution in [3.8, 4) is 11.5 Å². The smallest absolute Gasteiger partial charge is 0.290 e. The van der Waals surface area contributed by atoms with E-state index >= 15 is 0 Å². The standard InChI is InChI=1S/C24H24BrNO6/c1-13(2)31-10-6-9-26-20(14-11-16(25)22(28)18(12-14)30-3)19-21(27)15-7-4-5-8-17(15)32-23(19)24(26)29/h4-5,7-8,11-13,20,28H,6,9-10H2,1-3H3. The Morgan fingerprint density at radius 3 is 2.69 bits per heavy atom. The monoisotopic (exact) mass is 501 g/mol. The topological polar surface area (TPSA) is 89.2 Å². The van der Waals surface area contributed by atoms with Crippen molar-refractivity contribution < 1.29 is 23.8 Å².